The predicted molar refractivity (Wildman–Crippen MR) is 133 cm³/mol. The third-order valence-electron chi connectivity index (χ3n) is 6.57. The highest BCUT2D eigenvalue weighted by molar-refractivity contribution is 6.07. The van der Waals surface area contributed by atoms with Crippen LogP contribution in [0.3, 0.4) is 0 Å². The molecule has 6 rings (SSSR count). The van der Waals surface area contributed by atoms with Crippen LogP contribution in [0.25, 0.3) is 32.7 Å². The maximum Gasteiger partial charge on any atom is 0.100 e. The van der Waals surface area contributed by atoms with E-state index >= 15 is 0 Å². The van der Waals surface area contributed by atoms with Gasteiger partial charge in [-0.1, -0.05) is 97.1 Å². The van der Waals surface area contributed by atoms with Crippen molar-refractivity contribution in [3.63, 3.8) is 0 Å². The summed E-state index contributed by atoms with van der Waals surface area (Å²) >= 11 is 0. The molecule has 0 saturated carbocycles. The minimum atomic E-state index is 0.0868. The van der Waals surface area contributed by atoms with Gasteiger partial charge in [-0.25, -0.2) is 10.9 Å². The summed E-state index contributed by atoms with van der Waals surface area (Å²) in [6, 6.07) is 39.1. The summed E-state index contributed by atoms with van der Waals surface area (Å²) in [5, 5.41) is 5.14. The van der Waals surface area contributed by atoms with E-state index in [-0.39, 0.29) is 12.3 Å². The Morgan fingerprint density at radius 3 is 1.97 bits per heavy atom. The van der Waals surface area contributed by atoms with Crippen molar-refractivity contribution in [2.75, 3.05) is 7.05 Å². The Morgan fingerprint density at radius 2 is 1.16 bits per heavy atom. The standard InChI is InChI=1S/C29H25N3/c1-32-28(24-12-7-11-23(18-24)20-8-3-2-4-9-20)30-31-29(32)25-17-16-22-15-14-21-10-5-6-13-26(21)27(22)19-25/h2-19,28-31H,1H3. The molecule has 5 aromatic carbocycles. The van der Waals surface area contributed by atoms with Gasteiger partial charge in [-0.2, -0.15) is 0 Å². The molecule has 0 radical (unpaired) electrons. The van der Waals surface area contributed by atoms with Crippen LogP contribution < -0.4 is 10.9 Å². The molecule has 5 aromatic rings. The second-order valence-corrected chi connectivity index (χ2v) is 8.52. The molecular weight excluding hydrogens is 390 g/mol. The SMILES string of the molecule is CN1C(c2cccc(-c3ccccc3)c2)NNC1c1ccc2ccc3ccccc3c2c1. The first-order valence-electron chi connectivity index (χ1n) is 11.1. The number of rotatable bonds is 3. The highest BCUT2D eigenvalue weighted by Gasteiger charge is 2.32. The van der Waals surface area contributed by atoms with E-state index in [0.717, 1.165) is 0 Å². The van der Waals surface area contributed by atoms with Crippen molar-refractivity contribution in [2.24, 2.45) is 0 Å². The maximum absolute atomic E-state index is 3.52. The fourth-order valence-electron chi connectivity index (χ4n) is 4.86. The fraction of sp³-hybridized carbons (Fsp3) is 0.103. The van der Waals surface area contributed by atoms with Crippen LogP contribution in [0.5, 0.6) is 0 Å². The summed E-state index contributed by atoms with van der Waals surface area (Å²) in [5.74, 6) is 0. The normalized spacial score (nSPS) is 19.0. The van der Waals surface area contributed by atoms with Crippen molar-refractivity contribution in [1.29, 1.82) is 0 Å². The first-order chi connectivity index (χ1) is 15.8. The third kappa shape index (κ3) is 3.28. The van der Waals surface area contributed by atoms with E-state index in [1.807, 2.05) is 0 Å². The average Bonchev–Trinajstić information content (AvgIpc) is 3.25. The number of hydrazine groups is 1. The van der Waals surface area contributed by atoms with Gasteiger partial charge in [0.05, 0.1) is 0 Å². The maximum atomic E-state index is 3.52. The molecule has 32 heavy (non-hydrogen) atoms. The quantitative estimate of drug-likeness (QED) is 0.334. The van der Waals surface area contributed by atoms with E-state index in [1.165, 1.54) is 43.8 Å². The van der Waals surface area contributed by atoms with Gasteiger partial charge in [0.2, 0.25) is 0 Å². The van der Waals surface area contributed by atoms with E-state index in [1.54, 1.807) is 0 Å². The molecule has 156 valence electrons. The van der Waals surface area contributed by atoms with Crippen LogP contribution in [0, 0.1) is 0 Å². The van der Waals surface area contributed by atoms with Gasteiger partial charge in [0.15, 0.2) is 0 Å². The minimum absolute atomic E-state index is 0.0868. The topological polar surface area (TPSA) is 27.3 Å². The molecule has 1 fully saturated rings. The summed E-state index contributed by atoms with van der Waals surface area (Å²) < 4.78 is 0. The van der Waals surface area contributed by atoms with E-state index < -0.39 is 0 Å². The monoisotopic (exact) mass is 415 g/mol. The molecule has 2 atom stereocenters. The van der Waals surface area contributed by atoms with Crippen LogP contribution in [0.15, 0.2) is 109 Å². The van der Waals surface area contributed by atoms with Gasteiger partial charge in [0.1, 0.15) is 12.3 Å². The molecule has 1 saturated heterocycles. The Balaban J connectivity index is 1.34. The van der Waals surface area contributed by atoms with E-state index in [4.69, 9.17) is 0 Å². The number of hydrogen-bond acceptors (Lipinski definition) is 3. The smallest absolute Gasteiger partial charge is 0.100 e. The van der Waals surface area contributed by atoms with Crippen molar-refractivity contribution in [2.45, 2.75) is 12.3 Å². The molecule has 2 N–H and O–H groups in total. The van der Waals surface area contributed by atoms with Crippen LogP contribution in [0.2, 0.25) is 0 Å². The number of fused-ring (bicyclic) bond motifs is 3. The highest BCUT2D eigenvalue weighted by Crippen LogP contribution is 2.34. The van der Waals surface area contributed by atoms with Crippen molar-refractivity contribution in [1.82, 2.24) is 15.8 Å². The van der Waals surface area contributed by atoms with Gasteiger partial charge in [-0.05, 0) is 63.0 Å². The van der Waals surface area contributed by atoms with E-state index in [0.29, 0.717) is 0 Å². The molecule has 0 bridgehead atoms. The molecule has 0 amide bonds. The number of nitrogens with one attached hydrogen (secondary N) is 2. The Kier molecular flexibility index (Phi) is 4.73. The predicted octanol–water partition coefficient (Wildman–Crippen LogP) is 6.40. The van der Waals surface area contributed by atoms with Crippen LogP contribution in [0.4, 0.5) is 0 Å². The van der Waals surface area contributed by atoms with Crippen molar-refractivity contribution >= 4 is 21.5 Å². The van der Waals surface area contributed by atoms with E-state index in [2.05, 4.69) is 132 Å². The van der Waals surface area contributed by atoms with Gasteiger partial charge in [-0.3, -0.25) is 4.90 Å². The fourth-order valence-corrected chi connectivity index (χ4v) is 4.86. The minimum Gasteiger partial charge on any atom is -0.266 e. The molecule has 1 aliphatic rings. The highest BCUT2D eigenvalue weighted by atomic mass is 15.6. The molecule has 3 heteroatoms. The van der Waals surface area contributed by atoms with Crippen LogP contribution in [-0.2, 0) is 0 Å². The third-order valence-corrected chi connectivity index (χ3v) is 6.57. The molecule has 2 unspecified atom stereocenters. The first-order valence-corrected chi connectivity index (χ1v) is 11.1. The first kappa shape index (κ1) is 19.2. The summed E-state index contributed by atoms with van der Waals surface area (Å²) in [6.45, 7) is 0. The zero-order valence-corrected chi connectivity index (χ0v) is 18.0. The Hall–Kier alpha value is -3.50. The van der Waals surface area contributed by atoms with Crippen molar-refractivity contribution in [3.8, 4) is 11.1 Å². The average molecular weight is 416 g/mol. The zero-order chi connectivity index (χ0) is 21.5. The van der Waals surface area contributed by atoms with Gasteiger partial charge >= 0.3 is 0 Å². The second-order valence-electron chi connectivity index (χ2n) is 8.52. The molecule has 1 aliphatic heterocycles. The van der Waals surface area contributed by atoms with Crippen LogP contribution >= 0.6 is 0 Å². The number of nitrogens with zero attached hydrogens (tertiary/aromatic N) is 1. The summed E-state index contributed by atoms with van der Waals surface area (Å²) in [5.41, 5.74) is 12.0. The zero-order valence-electron chi connectivity index (χ0n) is 18.0. The van der Waals surface area contributed by atoms with Gasteiger partial charge in [-0.15, -0.1) is 0 Å². The Morgan fingerprint density at radius 1 is 0.531 bits per heavy atom. The lowest BCUT2D eigenvalue weighted by atomic mass is 9.98. The largest absolute Gasteiger partial charge is 0.266 e. The summed E-state index contributed by atoms with van der Waals surface area (Å²) in [7, 11) is 2.17. The lowest BCUT2D eigenvalue weighted by Crippen LogP contribution is -2.26. The molecule has 1 heterocycles. The van der Waals surface area contributed by atoms with Gasteiger partial charge in [0.25, 0.3) is 0 Å². The van der Waals surface area contributed by atoms with Gasteiger partial charge < -0.3 is 0 Å². The van der Waals surface area contributed by atoms with Crippen LogP contribution in [0.1, 0.15) is 23.5 Å². The lowest BCUT2D eigenvalue weighted by Gasteiger charge is -2.24. The summed E-state index contributed by atoms with van der Waals surface area (Å²) in [4.78, 5) is 2.36. The van der Waals surface area contributed by atoms with Crippen molar-refractivity contribution in [3.05, 3.63) is 120 Å². The molecular formula is C29H25N3. The molecule has 3 nitrogen and oxygen atoms in total. The Bertz CT molecular complexity index is 1410. The second kappa shape index (κ2) is 7.88. The summed E-state index contributed by atoms with van der Waals surface area (Å²) in [6.07, 6.45) is 0.177. The Labute approximate surface area is 188 Å². The number of hydrogen-bond donors (Lipinski definition) is 2. The molecule has 0 aliphatic carbocycles. The number of benzene rings is 5. The van der Waals surface area contributed by atoms with E-state index in [9.17, 15) is 0 Å². The lowest BCUT2D eigenvalue weighted by molar-refractivity contribution is 0.234. The van der Waals surface area contributed by atoms with Crippen LogP contribution in [-0.4, -0.2) is 11.9 Å². The van der Waals surface area contributed by atoms with Crippen molar-refractivity contribution < 1.29 is 0 Å². The molecule has 0 spiro atoms. The molecule has 0 aromatic heterocycles. The van der Waals surface area contributed by atoms with Gasteiger partial charge in [0, 0.05) is 0 Å².